The molecule has 0 saturated heterocycles. The van der Waals surface area contributed by atoms with Crippen LogP contribution in [0.25, 0.3) is 0 Å². The molecule has 0 aromatic carbocycles. The zero-order valence-corrected chi connectivity index (χ0v) is 13.3. The number of nitrogens with zero attached hydrogens (tertiary/aromatic N) is 2. The van der Waals surface area contributed by atoms with Gasteiger partial charge in [-0.25, -0.2) is 23.5 Å². The van der Waals surface area contributed by atoms with Crippen molar-refractivity contribution in [3.05, 3.63) is 16.1 Å². The minimum atomic E-state index is -4.48. The van der Waals surface area contributed by atoms with Gasteiger partial charge in [-0.2, -0.15) is 13.2 Å². The van der Waals surface area contributed by atoms with E-state index in [2.05, 4.69) is 20.6 Å². The largest absolute Gasteiger partial charge is 0.434 e. The number of sulfonamides is 1. The number of guanidine groups is 1. The van der Waals surface area contributed by atoms with E-state index in [1.165, 1.54) is 0 Å². The Labute approximate surface area is 129 Å². The maximum absolute atomic E-state index is 12.4. The minimum Gasteiger partial charge on any atom is -0.357 e. The van der Waals surface area contributed by atoms with Crippen molar-refractivity contribution >= 4 is 27.3 Å². The second-order valence-corrected chi connectivity index (χ2v) is 6.79. The maximum atomic E-state index is 12.4. The Balaban J connectivity index is 2.63. The molecule has 0 spiro atoms. The number of aromatic nitrogens is 1. The van der Waals surface area contributed by atoms with Crippen LogP contribution in [0.15, 0.2) is 10.4 Å². The van der Waals surface area contributed by atoms with Crippen molar-refractivity contribution in [2.75, 3.05) is 18.8 Å². The molecule has 0 bridgehead atoms. The number of primary sulfonamides is 1. The summed E-state index contributed by atoms with van der Waals surface area (Å²) in [6.45, 7) is 2.29. The van der Waals surface area contributed by atoms with Gasteiger partial charge < -0.3 is 10.6 Å². The summed E-state index contributed by atoms with van der Waals surface area (Å²) in [6.07, 6.45) is -4.48. The summed E-state index contributed by atoms with van der Waals surface area (Å²) in [5.74, 6) is -0.0118. The van der Waals surface area contributed by atoms with Crippen LogP contribution in [0.3, 0.4) is 0 Å². The van der Waals surface area contributed by atoms with Crippen LogP contribution in [0.5, 0.6) is 0 Å². The lowest BCUT2D eigenvalue weighted by atomic mass is 10.5. The van der Waals surface area contributed by atoms with Crippen LogP contribution in [0.4, 0.5) is 13.2 Å². The van der Waals surface area contributed by atoms with Crippen LogP contribution >= 0.6 is 11.3 Å². The first kappa shape index (κ1) is 18.6. The Bertz CT molecular complexity index is 612. The van der Waals surface area contributed by atoms with Crippen LogP contribution in [0.2, 0.25) is 0 Å². The number of nitrogens with one attached hydrogen (secondary N) is 2. The van der Waals surface area contributed by atoms with Gasteiger partial charge >= 0.3 is 6.18 Å². The predicted molar refractivity (Wildman–Crippen MR) is 77.9 cm³/mol. The van der Waals surface area contributed by atoms with Gasteiger partial charge in [0, 0.05) is 18.5 Å². The Morgan fingerprint density at radius 2 is 2.14 bits per heavy atom. The van der Waals surface area contributed by atoms with Gasteiger partial charge in [0.05, 0.1) is 12.3 Å². The highest BCUT2D eigenvalue weighted by atomic mass is 32.2. The first-order valence-electron chi connectivity index (χ1n) is 6.16. The van der Waals surface area contributed by atoms with Crippen LogP contribution in [0, 0.1) is 0 Å². The van der Waals surface area contributed by atoms with Gasteiger partial charge in [-0.1, -0.05) is 0 Å². The molecule has 126 valence electrons. The smallest absolute Gasteiger partial charge is 0.357 e. The fourth-order valence-electron chi connectivity index (χ4n) is 1.31. The molecule has 0 aliphatic heterocycles. The number of rotatable bonds is 6. The number of halogens is 3. The van der Waals surface area contributed by atoms with Gasteiger partial charge in [-0.05, 0) is 6.92 Å². The summed E-state index contributed by atoms with van der Waals surface area (Å²) >= 11 is 0.855. The second-order valence-electron chi connectivity index (χ2n) is 4.11. The number of alkyl halides is 3. The van der Waals surface area contributed by atoms with Crippen molar-refractivity contribution < 1.29 is 21.6 Å². The third-order valence-electron chi connectivity index (χ3n) is 2.24. The zero-order chi connectivity index (χ0) is 16.8. The average molecular weight is 359 g/mol. The van der Waals surface area contributed by atoms with Crippen molar-refractivity contribution in [3.8, 4) is 0 Å². The molecule has 0 radical (unpaired) electrons. The van der Waals surface area contributed by atoms with E-state index in [9.17, 15) is 21.6 Å². The van der Waals surface area contributed by atoms with Gasteiger partial charge in [0.2, 0.25) is 10.0 Å². The van der Waals surface area contributed by atoms with E-state index in [0.717, 1.165) is 16.7 Å². The molecular formula is C10H16F3N5O2S2. The molecule has 1 rings (SSSR count). The molecule has 7 nitrogen and oxygen atoms in total. The van der Waals surface area contributed by atoms with Gasteiger partial charge in [0.25, 0.3) is 0 Å². The van der Waals surface area contributed by atoms with Crippen LogP contribution in [-0.2, 0) is 22.7 Å². The standard InChI is InChI=1S/C10H16F3N5O2S2/c1-2-15-9(16-3-4-22(14,19)20)17-5-8-18-7(6-21-8)10(11,12)13/h6H,2-5H2,1H3,(H2,14,19,20)(H2,15,16,17). The summed E-state index contributed by atoms with van der Waals surface area (Å²) in [5.41, 5.74) is -0.949. The highest BCUT2D eigenvalue weighted by molar-refractivity contribution is 7.89. The lowest BCUT2D eigenvalue weighted by molar-refractivity contribution is -0.140. The lowest BCUT2D eigenvalue weighted by Gasteiger charge is -2.10. The van der Waals surface area contributed by atoms with Gasteiger partial charge in [0.1, 0.15) is 5.01 Å². The van der Waals surface area contributed by atoms with E-state index < -0.39 is 21.9 Å². The van der Waals surface area contributed by atoms with Gasteiger partial charge in [0.15, 0.2) is 11.7 Å². The molecule has 1 heterocycles. The van der Waals surface area contributed by atoms with E-state index in [-0.39, 0.29) is 29.8 Å². The van der Waals surface area contributed by atoms with Crippen molar-refractivity contribution in [3.63, 3.8) is 0 Å². The van der Waals surface area contributed by atoms with E-state index in [1.807, 2.05) is 0 Å². The highest BCUT2D eigenvalue weighted by Gasteiger charge is 2.33. The molecule has 4 N–H and O–H groups in total. The molecule has 0 saturated carbocycles. The molecule has 0 aliphatic carbocycles. The third-order valence-corrected chi connectivity index (χ3v) is 3.84. The van der Waals surface area contributed by atoms with Crippen LogP contribution in [0.1, 0.15) is 17.6 Å². The van der Waals surface area contributed by atoms with Crippen molar-refractivity contribution in [1.29, 1.82) is 0 Å². The average Bonchev–Trinajstić information content (AvgIpc) is 2.83. The Hall–Kier alpha value is -1.40. The molecule has 22 heavy (non-hydrogen) atoms. The van der Waals surface area contributed by atoms with Crippen molar-refractivity contribution in [1.82, 2.24) is 15.6 Å². The van der Waals surface area contributed by atoms with E-state index in [0.29, 0.717) is 6.54 Å². The molecule has 1 aromatic heterocycles. The zero-order valence-electron chi connectivity index (χ0n) is 11.6. The molecule has 0 fully saturated rings. The maximum Gasteiger partial charge on any atom is 0.434 e. The van der Waals surface area contributed by atoms with Crippen LogP contribution in [-0.4, -0.2) is 38.2 Å². The second kappa shape index (κ2) is 7.74. The number of thiazole rings is 1. The molecular weight excluding hydrogens is 343 g/mol. The Morgan fingerprint density at radius 1 is 1.45 bits per heavy atom. The number of hydrogen-bond donors (Lipinski definition) is 3. The topological polar surface area (TPSA) is 109 Å². The van der Waals surface area contributed by atoms with E-state index in [1.54, 1.807) is 6.92 Å². The number of nitrogens with two attached hydrogens (primary N) is 1. The number of aliphatic imine (C=N–C) groups is 1. The summed E-state index contributed by atoms with van der Waals surface area (Å²) in [7, 11) is -3.60. The van der Waals surface area contributed by atoms with Gasteiger partial charge in [-0.3, -0.25) is 0 Å². The SMILES string of the molecule is CCNC(=NCc1nc(C(F)(F)F)cs1)NCCS(N)(=O)=O. The third kappa shape index (κ3) is 7.04. The summed E-state index contributed by atoms with van der Waals surface area (Å²) in [6, 6.07) is 0. The van der Waals surface area contributed by atoms with Crippen molar-refractivity contribution in [2.45, 2.75) is 19.6 Å². The summed E-state index contributed by atoms with van der Waals surface area (Å²) in [4.78, 5) is 7.49. The highest BCUT2D eigenvalue weighted by Crippen LogP contribution is 2.30. The first-order chi connectivity index (χ1) is 10.1. The molecule has 0 amide bonds. The van der Waals surface area contributed by atoms with Crippen molar-refractivity contribution in [2.24, 2.45) is 10.1 Å². The van der Waals surface area contributed by atoms with E-state index >= 15 is 0 Å². The van der Waals surface area contributed by atoms with Crippen LogP contribution < -0.4 is 15.8 Å². The summed E-state index contributed by atoms with van der Waals surface area (Å²) < 4.78 is 58.9. The Kier molecular flexibility index (Phi) is 6.56. The quantitative estimate of drug-likeness (QED) is 0.506. The normalized spacial score (nSPS) is 13.2. The first-order valence-corrected chi connectivity index (χ1v) is 8.75. The number of hydrogen-bond acceptors (Lipinski definition) is 5. The molecule has 0 unspecified atom stereocenters. The predicted octanol–water partition coefficient (Wildman–Crippen LogP) is 0.506. The lowest BCUT2D eigenvalue weighted by Crippen LogP contribution is -2.40. The minimum absolute atomic E-state index is 0.0380. The van der Waals surface area contributed by atoms with E-state index in [4.69, 9.17) is 5.14 Å². The fourth-order valence-corrected chi connectivity index (χ4v) is 2.42. The molecule has 12 heteroatoms. The fraction of sp³-hybridized carbons (Fsp3) is 0.600. The molecule has 0 aliphatic rings. The molecule has 1 aromatic rings. The van der Waals surface area contributed by atoms with Gasteiger partial charge in [-0.15, -0.1) is 11.3 Å². The monoisotopic (exact) mass is 359 g/mol. The molecule has 0 atom stereocenters. The Morgan fingerprint density at radius 3 is 2.64 bits per heavy atom. The summed E-state index contributed by atoms with van der Waals surface area (Å²) in [5, 5.41) is 11.5.